The highest BCUT2D eigenvalue weighted by molar-refractivity contribution is 5.59. The van der Waals surface area contributed by atoms with E-state index in [1.54, 1.807) is 0 Å². The molecule has 0 amide bonds. The maximum Gasteiger partial charge on any atom is 0.133 e. The minimum absolute atomic E-state index is 0.0290. The van der Waals surface area contributed by atoms with E-state index in [0.717, 1.165) is 22.8 Å². The fourth-order valence-corrected chi connectivity index (χ4v) is 2.00. The predicted molar refractivity (Wildman–Crippen MR) is 83.4 cm³/mol. The van der Waals surface area contributed by atoms with Crippen LogP contribution in [0.1, 0.15) is 32.0 Å². The summed E-state index contributed by atoms with van der Waals surface area (Å²) < 4.78 is 0. The van der Waals surface area contributed by atoms with Crippen LogP contribution >= 0.6 is 0 Å². The Morgan fingerprint density at radius 3 is 2.30 bits per heavy atom. The van der Waals surface area contributed by atoms with E-state index >= 15 is 0 Å². The van der Waals surface area contributed by atoms with Gasteiger partial charge in [-0.05, 0) is 29.8 Å². The number of para-hydroxylation sites is 1. The number of rotatable bonds is 3. The Morgan fingerprint density at radius 2 is 1.75 bits per heavy atom. The van der Waals surface area contributed by atoms with Crippen molar-refractivity contribution in [1.29, 1.82) is 0 Å². The lowest BCUT2D eigenvalue weighted by Gasteiger charge is -2.24. The molecule has 3 nitrogen and oxygen atoms in total. The van der Waals surface area contributed by atoms with Crippen molar-refractivity contribution >= 4 is 11.5 Å². The van der Waals surface area contributed by atoms with E-state index in [-0.39, 0.29) is 12.0 Å². The number of aliphatic hydroxyl groups excluding tert-OH is 1. The molecule has 3 heteroatoms. The molecule has 0 aliphatic heterocycles. The van der Waals surface area contributed by atoms with Gasteiger partial charge in [-0.15, -0.1) is 0 Å². The number of pyridine rings is 1. The smallest absolute Gasteiger partial charge is 0.133 e. The largest absolute Gasteiger partial charge is 0.392 e. The van der Waals surface area contributed by atoms with Crippen LogP contribution in [0.25, 0.3) is 0 Å². The van der Waals surface area contributed by atoms with Crippen LogP contribution in [-0.4, -0.2) is 17.1 Å². The van der Waals surface area contributed by atoms with Gasteiger partial charge in [-0.1, -0.05) is 39.0 Å². The van der Waals surface area contributed by atoms with Gasteiger partial charge in [0.25, 0.3) is 0 Å². The Kier molecular flexibility index (Phi) is 4.09. The van der Waals surface area contributed by atoms with Gasteiger partial charge in [0.2, 0.25) is 0 Å². The molecule has 1 heterocycles. The predicted octanol–water partition coefficient (Wildman–Crippen LogP) is 3.64. The lowest BCUT2D eigenvalue weighted by atomic mass is 9.91. The first kappa shape index (κ1) is 14.5. The van der Waals surface area contributed by atoms with Gasteiger partial charge in [0.1, 0.15) is 5.82 Å². The van der Waals surface area contributed by atoms with E-state index in [4.69, 9.17) is 4.98 Å². The number of anilines is 2. The average molecular weight is 270 g/mol. The van der Waals surface area contributed by atoms with Crippen molar-refractivity contribution in [2.45, 2.75) is 32.8 Å². The Hall–Kier alpha value is -1.87. The van der Waals surface area contributed by atoms with Gasteiger partial charge in [0, 0.05) is 23.8 Å². The maximum atomic E-state index is 9.46. The van der Waals surface area contributed by atoms with Gasteiger partial charge in [-0.2, -0.15) is 0 Å². The van der Waals surface area contributed by atoms with Crippen molar-refractivity contribution in [1.82, 2.24) is 4.98 Å². The number of aliphatic hydroxyl groups is 1. The van der Waals surface area contributed by atoms with Gasteiger partial charge < -0.3 is 10.0 Å². The molecule has 0 aliphatic carbocycles. The summed E-state index contributed by atoms with van der Waals surface area (Å²) in [4.78, 5) is 6.78. The Labute approximate surface area is 120 Å². The molecule has 1 aromatic carbocycles. The first-order valence-electron chi connectivity index (χ1n) is 6.83. The van der Waals surface area contributed by atoms with Gasteiger partial charge in [0.05, 0.1) is 6.61 Å². The van der Waals surface area contributed by atoms with Crippen molar-refractivity contribution in [2.24, 2.45) is 0 Å². The van der Waals surface area contributed by atoms with E-state index < -0.39 is 0 Å². The molecule has 2 rings (SSSR count). The zero-order valence-corrected chi connectivity index (χ0v) is 12.6. The van der Waals surface area contributed by atoms with Crippen LogP contribution < -0.4 is 4.90 Å². The second-order valence-electron chi connectivity index (χ2n) is 6.02. The molecule has 0 unspecified atom stereocenters. The van der Waals surface area contributed by atoms with E-state index in [2.05, 4.69) is 20.8 Å². The van der Waals surface area contributed by atoms with Crippen LogP contribution in [0.4, 0.5) is 11.5 Å². The lowest BCUT2D eigenvalue weighted by Crippen LogP contribution is -2.18. The van der Waals surface area contributed by atoms with E-state index in [1.165, 1.54) is 0 Å². The fourth-order valence-electron chi connectivity index (χ4n) is 2.00. The van der Waals surface area contributed by atoms with Crippen molar-refractivity contribution in [3.05, 3.63) is 53.7 Å². The number of nitrogens with zero attached hydrogens (tertiary/aromatic N) is 2. The molecular weight excluding hydrogens is 248 g/mol. The summed E-state index contributed by atoms with van der Waals surface area (Å²) in [7, 11) is 1.99. The van der Waals surface area contributed by atoms with Crippen molar-refractivity contribution in [3.8, 4) is 0 Å². The normalized spacial score (nSPS) is 11.4. The molecule has 0 radical (unpaired) electrons. The molecule has 1 aromatic heterocycles. The monoisotopic (exact) mass is 270 g/mol. The zero-order chi connectivity index (χ0) is 14.8. The second kappa shape index (κ2) is 5.63. The van der Waals surface area contributed by atoms with Crippen molar-refractivity contribution in [3.63, 3.8) is 0 Å². The molecular formula is C17H22N2O. The minimum Gasteiger partial charge on any atom is -0.392 e. The molecule has 0 atom stereocenters. The molecule has 0 saturated carbocycles. The summed E-state index contributed by atoms with van der Waals surface area (Å²) in [6.07, 6.45) is 0. The number of benzene rings is 1. The highest BCUT2D eigenvalue weighted by atomic mass is 16.3. The topological polar surface area (TPSA) is 36.4 Å². The molecule has 0 bridgehead atoms. The van der Waals surface area contributed by atoms with Crippen LogP contribution in [0.3, 0.4) is 0 Å². The summed E-state index contributed by atoms with van der Waals surface area (Å²) in [5.74, 6) is 0.854. The molecule has 0 spiro atoms. The SMILES string of the molecule is CN(c1ccccc1)c1cc(CO)cc(C(C)(C)C)n1. The van der Waals surface area contributed by atoms with E-state index in [1.807, 2.05) is 54.4 Å². The highest BCUT2D eigenvalue weighted by Gasteiger charge is 2.18. The van der Waals surface area contributed by atoms with Gasteiger partial charge in [0.15, 0.2) is 0 Å². The Bertz CT molecular complexity index is 573. The first-order chi connectivity index (χ1) is 9.41. The van der Waals surface area contributed by atoms with Crippen LogP contribution in [0, 0.1) is 0 Å². The van der Waals surface area contributed by atoms with Crippen molar-refractivity contribution < 1.29 is 5.11 Å². The molecule has 106 valence electrons. The third kappa shape index (κ3) is 3.17. The number of hydrogen-bond acceptors (Lipinski definition) is 3. The summed E-state index contributed by atoms with van der Waals surface area (Å²) >= 11 is 0. The van der Waals surface area contributed by atoms with Gasteiger partial charge >= 0.3 is 0 Å². The van der Waals surface area contributed by atoms with Crippen LogP contribution in [0.2, 0.25) is 0 Å². The summed E-state index contributed by atoms with van der Waals surface area (Å²) in [5, 5.41) is 9.46. The summed E-state index contributed by atoms with van der Waals surface area (Å²) in [5.41, 5.74) is 2.91. The number of hydrogen-bond donors (Lipinski definition) is 1. The molecule has 2 aromatic rings. The average Bonchev–Trinajstić information content (AvgIpc) is 2.46. The Morgan fingerprint density at radius 1 is 1.10 bits per heavy atom. The van der Waals surface area contributed by atoms with Gasteiger partial charge in [-0.3, -0.25) is 0 Å². The molecule has 20 heavy (non-hydrogen) atoms. The highest BCUT2D eigenvalue weighted by Crippen LogP contribution is 2.27. The third-order valence-electron chi connectivity index (χ3n) is 3.31. The van der Waals surface area contributed by atoms with E-state index in [0.29, 0.717) is 0 Å². The van der Waals surface area contributed by atoms with Gasteiger partial charge in [-0.25, -0.2) is 4.98 Å². The standard InChI is InChI=1S/C17H22N2O/c1-17(2,3)15-10-13(12-20)11-16(18-15)19(4)14-8-6-5-7-9-14/h5-11,20H,12H2,1-4H3. The molecule has 0 fully saturated rings. The lowest BCUT2D eigenvalue weighted by molar-refractivity contribution is 0.281. The van der Waals surface area contributed by atoms with Crippen molar-refractivity contribution in [2.75, 3.05) is 11.9 Å². The molecule has 1 N–H and O–H groups in total. The summed E-state index contributed by atoms with van der Waals surface area (Å²) in [6.45, 7) is 6.41. The fraction of sp³-hybridized carbons (Fsp3) is 0.353. The zero-order valence-electron chi connectivity index (χ0n) is 12.6. The second-order valence-corrected chi connectivity index (χ2v) is 6.02. The quantitative estimate of drug-likeness (QED) is 0.925. The Balaban J connectivity index is 2.46. The molecule has 0 saturated heterocycles. The maximum absolute atomic E-state index is 9.46. The van der Waals surface area contributed by atoms with Crippen LogP contribution in [0.15, 0.2) is 42.5 Å². The van der Waals surface area contributed by atoms with Crippen LogP contribution in [-0.2, 0) is 12.0 Å². The summed E-state index contributed by atoms with van der Waals surface area (Å²) in [6, 6.07) is 14.0. The number of aromatic nitrogens is 1. The third-order valence-corrected chi connectivity index (χ3v) is 3.31. The molecule has 0 aliphatic rings. The van der Waals surface area contributed by atoms with Crippen LogP contribution in [0.5, 0.6) is 0 Å². The first-order valence-corrected chi connectivity index (χ1v) is 6.83. The van der Waals surface area contributed by atoms with E-state index in [9.17, 15) is 5.11 Å². The minimum atomic E-state index is -0.0442.